The molecule has 2 bridgehead atoms. The zero-order chi connectivity index (χ0) is 10.6. The maximum atomic E-state index is 9.37. The van der Waals surface area contributed by atoms with Crippen LogP contribution in [-0.2, 0) is 4.79 Å². The Balaban J connectivity index is 0.000000171. The lowest BCUT2D eigenvalue weighted by molar-refractivity contribution is -0.136. The smallest absolute Gasteiger partial charge is 0.303 e. The number of hydrogen-bond acceptors (Lipinski definition) is 3. The molecule has 0 saturated carbocycles. The van der Waals surface area contributed by atoms with Crippen molar-refractivity contribution in [3.05, 3.63) is 0 Å². The standard InChI is InChI=1S/C7H14N2.C3H6O2/c8-7-5-9-3-1-6(7)2-4-9;1-2-3(4)5/h6-7H,1-5,8H2;2H2,1H3,(H,4,5)/t7-;/m0./s1. The van der Waals surface area contributed by atoms with Gasteiger partial charge in [0.1, 0.15) is 0 Å². The van der Waals surface area contributed by atoms with E-state index < -0.39 is 5.97 Å². The van der Waals surface area contributed by atoms with E-state index in [1.807, 2.05) is 0 Å². The molecule has 4 nitrogen and oxygen atoms in total. The predicted molar refractivity (Wildman–Crippen MR) is 55.1 cm³/mol. The molecule has 3 saturated heterocycles. The van der Waals surface area contributed by atoms with Crippen LogP contribution in [0, 0.1) is 5.92 Å². The van der Waals surface area contributed by atoms with Crippen LogP contribution in [0.4, 0.5) is 0 Å². The number of carboxylic acid groups (broad SMARTS) is 1. The van der Waals surface area contributed by atoms with Crippen LogP contribution in [-0.4, -0.2) is 41.7 Å². The van der Waals surface area contributed by atoms with Gasteiger partial charge in [0.15, 0.2) is 0 Å². The van der Waals surface area contributed by atoms with Crippen molar-refractivity contribution in [1.82, 2.24) is 4.90 Å². The van der Waals surface area contributed by atoms with E-state index in [9.17, 15) is 4.79 Å². The molecule has 3 heterocycles. The SMILES string of the molecule is CCC(=O)O.N[C@H]1CN2CCC1CC2. The fraction of sp³-hybridized carbons (Fsp3) is 0.900. The number of aliphatic carboxylic acids is 1. The summed E-state index contributed by atoms with van der Waals surface area (Å²) in [6, 6.07) is 0.493. The highest BCUT2D eigenvalue weighted by atomic mass is 16.4. The van der Waals surface area contributed by atoms with Gasteiger partial charge in [0.25, 0.3) is 0 Å². The van der Waals surface area contributed by atoms with Gasteiger partial charge in [-0.3, -0.25) is 4.79 Å². The first-order valence-corrected chi connectivity index (χ1v) is 5.33. The van der Waals surface area contributed by atoms with Crippen molar-refractivity contribution >= 4 is 5.97 Å². The summed E-state index contributed by atoms with van der Waals surface area (Å²) in [5, 5.41) is 7.72. The Hall–Kier alpha value is -0.610. The highest BCUT2D eigenvalue weighted by molar-refractivity contribution is 5.66. The van der Waals surface area contributed by atoms with Gasteiger partial charge in [-0.2, -0.15) is 0 Å². The summed E-state index contributed by atoms with van der Waals surface area (Å²) in [6.07, 6.45) is 2.92. The highest BCUT2D eigenvalue weighted by Gasteiger charge is 2.31. The minimum atomic E-state index is -0.745. The average Bonchev–Trinajstić information content (AvgIpc) is 2.20. The van der Waals surface area contributed by atoms with Crippen LogP contribution in [0.1, 0.15) is 26.2 Å². The highest BCUT2D eigenvalue weighted by Crippen LogP contribution is 2.25. The molecule has 3 aliphatic heterocycles. The first-order chi connectivity index (χ1) is 6.63. The number of rotatable bonds is 1. The van der Waals surface area contributed by atoms with Crippen LogP contribution in [0.25, 0.3) is 0 Å². The van der Waals surface area contributed by atoms with Crippen LogP contribution >= 0.6 is 0 Å². The number of carbonyl (C=O) groups is 1. The molecule has 0 aromatic heterocycles. The van der Waals surface area contributed by atoms with Crippen LogP contribution in [0.3, 0.4) is 0 Å². The van der Waals surface area contributed by atoms with Crippen molar-refractivity contribution < 1.29 is 9.90 Å². The molecule has 4 heteroatoms. The van der Waals surface area contributed by atoms with Crippen molar-refractivity contribution in [2.75, 3.05) is 19.6 Å². The van der Waals surface area contributed by atoms with Crippen molar-refractivity contribution in [1.29, 1.82) is 0 Å². The number of hydrogen-bond donors (Lipinski definition) is 2. The van der Waals surface area contributed by atoms with Gasteiger partial charge in [-0.15, -0.1) is 0 Å². The van der Waals surface area contributed by atoms with Gasteiger partial charge >= 0.3 is 5.97 Å². The zero-order valence-electron chi connectivity index (χ0n) is 8.78. The third-order valence-electron chi connectivity index (χ3n) is 3.01. The molecule has 0 aliphatic carbocycles. The lowest BCUT2D eigenvalue weighted by atomic mass is 9.85. The molecule has 0 aromatic rings. The molecule has 14 heavy (non-hydrogen) atoms. The second-order valence-electron chi connectivity index (χ2n) is 4.05. The Bertz CT molecular complexity index is 189. The maximum absolute atomic E-state index is 9.37. The third kappa shape index (κ3) is 3.27. The first kappa shape index (κ1) is 11.5. The average molecular weight is 200 g/mol. The van der Waals surface area contributed by atoms with Gasteiger partial charge in [0.2, 0.25) is 0 Å². The lowest BCUT2D eigenvalue weighted by Crippen LogP contribution is -2.54. The van der Waals surface area contributed by atoms with Gasteiger partial charge in [-0.25, -0.2) is 0 Å². The summed E-state index contributed by atoms with van der Waals surface area (Å²) in [6.45, 7) is 5.36. The van der Waals surface area contributed by atoms with Crippen molar-refractivity contribution in [3.8, 4) is 0 Å². The van der Waals surface area contributed by atoms with E-state index in [-0.39, 0.29) is 6.42 Å². The Kier molecular flexibility index (Phi) is 4.35. The van der Waals surface area contributed by atoms with Crippen molar-refractivity contribution in [3.63, 3.8) is 0 Å². The molecule has 0 aromatic carbocycles. The van der Waals surface area contributed by atoms with Gasteiger partial charge in [-0.1, -0.05) is 6.92 Å². The minimum Gasteiger partial charge on any atom is -0.481 e. The summed E-state index contributed by atoms with van der Waals surface area (Å²) in [4.78, 5) is 11.8. The van der Waals surface area contributed by atoms with Gasteiger partial charge in [-0.05, 0) is 31.8 Å². The number of fused-ring (bicyclic) bond motifs is 3. The number of carboxylic acids is 1. The number of piperidine rings is 3. The van der Waals surface area contributed by atoms with Crippen molar-refractivity contribution in [2.24, 2.45) is 11.7 Å². The Morgan fingerprint density at radius 2 is 2.00 bits per heavy atom. The Labute approximate surface area is 85.1 Å². The largest absolute Gasteiger partial charge is 0.481 e. The second-order valence-corrected chi connectivity index (χ2v) is 4.05. The molecule has 1 atom stereocenters. The quantitative estimate of drug-likeness (QED) is 0.647. The fourth-order valence-corrected chi connectivity index (χ4v) is 2.01. The monoisotopic (exact) mass is 200 g/mol. The fourth-order valence-electron chi connectivity index (χ4n) is 2.01. The maximum Gasteiger partial charge on any atom is 0.303 e. The van der Waals surface area contributed by atoms with E-state index >= 15 is 0 Å². The summed E-state index contributed by atoms with van der Waals surface area (Å²) in [5.41, 5.74) is 5.88. The molecule has 3 rings (SSSR count). The van der Waals surface area contributed by atoms with E-state index in [1.54, 1.807) is 6.92 Å². The molecule has 3 fully saturated rings. The van der Waals surface area contributed by atoms with E-state index in [1.165, 1.54) is 25.9 Å². The van der Waals surface area contributed by atoms with E-state index in [0.29, 0.717) is 6.04 Å². The first-order valence-electron chi connectivity index (χ1n) is 5.33. The minimum absolute atomic E-state index is 0.222. The molecular weight excluding hydrogens is 180 g/mol. The van der Waals surface area contributed by atoms with E-state index in [0.717, 1.165) is 12.5 Å². The molecule has 0 unspecified atom stereocenters. The number of nitrogens with two attached hydrogens (primary N) is 1. The molecule has 0 radical (unpaired) electrons. The van der Waals surface area contributed by atoms with Gasteiger partial charge in [0.05, 0.1) is 0 Å². The van der Waals surface area contributed by atoms with Crippen LogP contribution < -0.4 is 5.73 Å². The molecule has 0 amide bonds. The summed E-state index contributed by atoms with van der Waals surface area (Å²) in [7, 11) is 0. The molecule has 3 aliphatic rings. The summed E-state index contributed by atoms with van der Waals surface area (Å²) >= 11 is 0. The summed E-state index contributed by atoms with van der Waals surface area (Å²) < 4.78 is 0. The van der Waals surface area contributed by atoms with Crippen LogP contribution in [0.2, 0.25) is 0 Å². The van der Waals surface area contributed by atoms with Crippen LogP contribution in [0.5, 0.6) is 0 Å². The van der Waals surface area contributed by atoms with Crippen molar-refractivity contribution in [2.45, 2.75) is 32.2 Å². The molecule has 3 N–H and O–H groups in total. The molecule has 82 valence electrons. The van der Waals surface area contributed by atoms with Crippen LogP contribution in [0.15, 0.2) is 0 Å². The molecular formula is C10H20N2O2. The van der Waals surface area contributed by atoms with E-state index in [2.05, 4.69) is 4.90 Å². The molecule has 0 spiro atoms. The third-order valence-corrected chi connectivity index (χ3v) is 3.01. The van der Waals surface area contributed by atoms with Gasteiger partial charge in [0, 0.05) is 19.0 Å². The zero-order valence-corrected chi connectivity index (χ0v) is 8.78. The summed E-state index contributed by atoms with van der Waals surface area (Å²) in [5.74, 6) is 0.111. The Morgan fingerprint density at radius 1 is 1.50 bits per heavy atom. The topological polar surface area (TPSA) is 66.6 Å². The lowest BCUT2D eigenvalue weighted by Gasteiger charge is -2.43. The second kappa shape index (κ2) is 5.32. The normalized spacial score (nSPS) is 34.6. The predicted octanol–water partition coefficient (Wildman–Crippen LogP) is 0.520. The number of nitrogens with zero attached hydrogens (tertiary/aromatic N) is 1. The van der Waals surface area contributed by atoms with E-state index in [4.69, 9.17) is 10.8 Å². The Morgan fingerprint density at radius 3 is 2.14 bits per heavy atom. The van der Waals surface area contributed by atoms with Gasteiger partial charge < -0.3 is 15.7 Å².